The van der Waals surface area contributed by atoms with E-state index < -0.39 is 0 Å². The summed E-state index contributed by atoms with van der Waals surface area (Å²) in [5.74, 6) is 1.97. The third-order valence-electron chi connectivity index (χ3n) is 4.44. The van der Waals surface area contributed by atoms with Crippen molar-refractivity contribution in [2.75, 3.05) is 20.8 Å². The van der Waals surface area contributed by atoms with Crippen molar-refractivity contribution < 1.29 is 23.4 Å². The van der Waals surface area contributed by atoms with E-state index in [-0.39, 0.29) is 18.6 Å². The zero-order valence-electron chi connectivity index (χ0n) is 17.0. The highest BCUT2D eigenvalue weighted by Gasteiger charge is 2.15. The molecule has 0 fully saturated rings. The fourth-order valence-electron chi connectivity index (χ4n) is 2.95. The average molecular weight is 406 g/mol. The van der Waals surface area contributed by atoms with Gasteiger partial charge in [0.1, 0.15) is 11.8 Å². The Morgan fingerprint density at radius 1 is 1.17 bits per heavy atom. The number of benzene rings is 2. The highest BCUT2D eigenvalue weighted by Crippen LogP contribution is 2.31. The summed E-state index contributed by atoms with van der Waals surface area (Å²) in [6.07, 6.45) is 3.10. The maximum Gasteiger partial charge on any atom is 0.244 e. The van der Waals surface area contributed by atoms with Gasteiger partial charge < -0.3 is 23.9 Å². The van der Waals surface area contributed by atoms with E-state index in [9.17, 15) is 4.79 Å². The van der Waals surface area contributed by atoms with Gasteiger partial charge in [-0.15, -0.1) is 0 Å². The molecule has 1 N–H and O–H groups in total. The Morgan fingerprint density at radius 2 is 1.97 bits per heavy atom. The number of carbonyl (C=O) groups is 1. The van der Waals surface area contributed by atoms with Crippen molar-refractivity contribution in [2.45, 2.75) is 13.0 Å². The Morgan fingerprint density at radius 3 is 2.70 bits per heavy atom. The molecule has 7 nitrogen and oxygen atoms in total. The number of nitrogens with zero attached hydrogens (tertiary/aromatic N) is 1. The van der Waals surface area contributed by atoms with Crippen LogP contribution in [0.25, 0.3) is 17.0 Å². The van der Waals surface area contributed by atoms with Gasteiger partial charge in [0.15, 0.2) is 29.4 Å². The van der Waals surface area contributed by atoms with Crippen molar-refractivity contribution in [3.05, 3.63) is 59.9 Å². The van der Waals surface area contributed by atoms with Crippen LogP contribution in [0, 0.1) is 11.3 Å². The van der Waals surface area contributed by atoms with E-state index in [1.807, 2.05) is 37.3 Å². The molecule has 0 saturated heterocycles. The van der Waals surface area contributed by atoms with Crippen LogP contribution in [0.15, 0.2) is 53.0 Å². The summed E-state index contributed by atoms with van der Waals surface area (Å²) in [6.45, 7) is 1.78. The monoisotopic (exact) mass is 406 g/mol. The number of para-hydroxylation sites is 1. The van der Waals surface area contributed by atoms with E-state index in [0.29, 0.717) is 28.6 Å². The molecule has 0 aliphatic rings. The molecule has 0 spiro atoms. The predicted molar refractivity (Wildman–Crippen MR) is 112 cm³/mol. The fourth-order valence-corrected chi connectivity index (χ4v) is 2.95. The van der Waals surface area contributed by atoms with Gasteiger partial charge in [0.05, 0.1) is 20.3 Å². The second kappa shape index (κ2) is 9.52. The van der Waals surface area contributed by atoms with Crippen molar-refractivity contribution in [3.63, 3.8) is 0 Å². The molecule has 2 aromatic carbocycles. The first-order chi connectivity index (χ1) is 14.5. The van der Waals surface area contributed by atoms with Crippen molar-refractivity contribution in [1.82, 2.24) is 5.32 Å². The van der Waals surface area contributed by atoms with Crippen LogP contribution in [-0.4, -0.2) is 26.7 Å². The molecule has 0 radical (unpaired) electrons. The smallest absolute Gasteiger partial charge is 0.244 e. The van der Waals surface area contributed by atoms with Gasteiger partial charge in [-0.2, -0.15) is 5.26 Å². The van der Waals surface area contributed by atoms with Crippen LogP contribution in [0.4, 0.5) is 0 Å². The number of furan rings is 1. The Labute approximate surface area is 174 Å². The van der Waals surface area contributed by atoms with Gasteiger partial charge in [-0.3, -0.25) is 4.79 Å². The molecule has 1 aromatic heterocycles. The quantitative estimate of drug-likeness (QED) is 0.562. The molecule has 3 rings (SSSR count). The van der Waals surface area contributed by atoms with Gasteiger partial charge in [0.25, 0.3) is 0 Å². The first-order valence-corrected chi connectivity index (χ1v) is 9.28. The zero-order chi connectivity index (χ0) is 21.5. The van der Waals surface area contributed by atoms with Gasteiger partial charge in [-0.05, 0) is 42.8 Å². The van der Waals surface area contributed by atoms with Crippen LogP contribution in [0.2, 0.25) is 0 Å². The topological polar surface area (TPSA) is 93.7 Å². The number of methoxy groups -OCH3 is 2. The number of ether oxygens (including phenoxy) is 3. The van der Waals surface area contributed by atoms with E-state index in [1.54, 1.807) is 31.4 Å². The number of amides is 1. The summed E-state index contributed by atoms with van der Waals surface area (Å²) in [6, 6.07) is 14.3. The lowest BCUT2D eigenvalue weighted by molar-refractivity contribution is -0.117. The van der Waals surface area contributed by atoms with E-state index in [0.717, 1.165) is 10.9 Å². The summed E-state index contributed by atoms with van der Waals surface area (Å²) in [5.41, 5.74) is 1.41. The highest BCUT2D eigenvalue weighted by molar-refractivity contribution is 5.92. The second-order valence-corrected chi connectivity index (χ2v) is 6.45. The molecule has 154 valence electrons. The molecule has 1 unspecified atom stereocenters. The molecular weight excluding hydrogens is 384 g/mol. The lowest BCUT2D eigenvalue weighted by atomic mass is 10.1. The third kappa shape index (κ3) is 4.73. The van der Waals surface area contributed by atoms with Crippen LogP contribution < -0.4 is 19.5 Å². The predicted octanol–water partition coefficient (Wildman–Crippen LogP) is 4.24. The van der Waals surface area contributed by atoms with Crippen LogP contribution in [0.3, 0.4) is 0 Å². The number of hydrogen-bond donors (Lipinski definition) is 1. The minimum atomic E-state index is -0.324. The fraction of sp³-hybridized carbons (Fsp3) is 0.217. The number of hydrogen-bond acceptors (Lipinski definition) is 6. The number of rotatable bonds is 8. The molecule has 0 aliphatic carbocycles. The van der Waals surface area contributed by atoms with E-state index in [2.05, 4.69) is 5.32 Å². The molecule has 0 aliphatic heterocycles. The van der Waals surface area contributed by atoms with Crippen LogP contribution >= 0.6 is 0 Å². The molecule has 3 aromatic rings. The Kier molecular flexibility index (Phi) is 6.60. The summed E-state index contributed by atoms with van der Waals surface area (Å²) >= 11 is 0. The lowest BCUT2D eigenvalue weighted by Gasteiger charge is -2.10. The van der Waals surface area contributed by atoms with Gasteiger partial charge in [0, 0.05) is 11.5 Å². The Balaban J connectivity index is 1.68. The van der Waals surface area contributed by atoms with Gasteiger partial charge in [0.2, 0.25) is 5.91 Å². The lowest BCUT2D eigenvalue weighted by Crippen LogP contribution is -2.24. The van der Waals surface area contributed by atoms with Crippen molar-refractivity contribution in [3.8, 4) is 23.3 Å². The third-order valence-corrected chi connectivity index (χ3v) is 4.44. The SMILES string of the molecule is COc1cc(/C=C/C(=O)NC(C)c2cc3cccc(OC)c3o2)ccc1OCC#N. The highest BCUT2D eigenvalue weighted by atomic mass is 16.5. The number of nitriles is 1. The molecule has 0 saturated carbocycles. The summed E-state index contributed by atoms with van der Waals surface area (Å²) in [4.78, 5) is 12.3. The summed E-state index contributed by atoms with van der Waals surface area (Å²) < 4.78 is 21.7. The van der Waals surface area contributed by atoms with Gasteiger partial charge in [-0.25, -0.2) is 0 Å². The maximum absolute atomic E-state index is 12.3. The summed E-state index contributed by atoms with van der Waals surface area (Å²) in [5, 5.41) is 12.4. The van der Waals surface area contributed by atoms with Crippen molar-refractivity contribution in [2.24, 2.45) is 0 Å². The van der Waals surface area contributed by atoms with E-state index in [1.165, 1.54) is 13.2 Å². The molecular formula is C23H22N2O5. The minimum Gasteiger partial charge on any atom is -0.493 e. The molecule has 7 heteroatoms. The van der Waals surface area contributed by atoms with Gasteiger partial charge >= 0.3 is 0 Å². The second-order valence-electron chi connectivity index (χ2n) is 6.45. The standard InChI is InChI=1S/C23H22N2O5/c1-15(20-14-17-5-4-6-19(27-2)23(17)30-20)25-22(26)10-8-16-7-9-18(29-12-11-24)21(13-16)28-3/h4-10,13-15H,12H2,1-3H3,(H,25,26)/b10-8+. The minimum absolute atomic E-state index is 0.0699. The molecule has 30 heavy (non-hydrogen) atoms. The van der Waals surface area contributed by atoms with E-state index >= 15 is 0 Å². The zero-order valence-corrected chi connectivity index (χ0v) is 17.0. The Bertz CT molecular complexity index is 1110. The first kappa shape index (κ1) is 20.8. The summed E-state index contributed by atoms with van der Waals surface area (Å²) in [7, 11) is 3.10. The van der Waals surface area contributed by atoms with Crippen LogP contribution in [-0.2, 0) is 4.79 Å². The van der Waals surface area contributed by atoms with Crippen LogP contribution in [0.1, 0.15) is 24.3 Å². The van der Waals surface area contributed by atoms with Crippen LogP contribution in [0.5, 0.6) is 17.2 Å². The van der Waals surface area contributed by atoms with Gasteiger partial charge in [-0.1, -0.05) is 18.2 Å². The first-order valence-electron chi connectivity index (χ1n) is 9.28. The average Bonchev–Trinajstić information content (AvgIpc) is 3.21. The number of carbonyl (C=O) groups excluding carboxylic acids is 1. The van der Waals surface area contributed by atoms with Crippen molar-refractivity contribution >= 4 is 23.0 Å². The largest absolute Gasteiger partial charge is 0.493 e. The maximum atomic E-state index is 12.3. The number of nitrogens with one attached hydrogen (secondary N) is 1. The Hall–Kier alpha value is -3.92. The van der Waals surface area contributed by atoms with E-state index in [4.69, 9.17) is 23.9 Å². The normalized spacial score (nSPS) is 11.8. The molecule has 1 heterocycles. The molecule has 1 atom stereocenters. The number of fused-ring (bicyclic) bond motifs is 1. The molecule has 0 bridgehead atoms. The van der Waals surface area contributed by atoms with Crippen molar-refractivity contribution in [1.29, 1.82) is 5.26 Å². The molecule has 1 amide bonds.